The second kappa shape index (κ2) is 4.37. The SMILES string of the molecule is O=[N+]([O-])c1cccc2ccn(C/C=C/Cl)c12. The van der Waals surface area contributed by atoms with Crippen LogP contribution >= 0.6 is 11.6 Å². The molecule has 5 heteroatoms. The van der Waals surface area contributed by atoms with Crippen molar-refractivity contribution in [3.8, 4) is 0 Å². The Balaban J connectivity index is 2.62. The lowest BCUT2D eigenvalue weighted by Crippen LogP contribution is -1.96. The Kier molecular flexibility index (Phi) is 2.92. The van der Waals surface area contributed by atoms with Crippen molar-refractivity contribution in [1.82, 2.24) is 4.57 Å². The largest absolute Gasteiger partial charge is 0.338 e. The molecule has 82 valence electrons. The number of allylic oxidation sites excluding steroid dienone is 1. The molecule has 0 aliphatic heterocycles. The predicted molar refractivity (Wildman–Crippen MR) is 63.6 cm³/mol. The normalized spacial score (nSPS) is 11.3. The van der Waals surface area contributed by atoms with Gasteiger partial charge in [0.2, 0.25) is 0 Å². The Morgan fingerprint density at radius 1 is 1.44 bits per heavy atom. The summed E-state index contributed by atoms with van der Waals surface area (Å²) in [5, 5.41) is 11.7. The van der Waals surface area contributed by atoms with Gasteiger partial charge in [0.25, 0.3) is 5.69 Å². The molecule has 0 saturated carbocycles. The minimum Gasteiger partial charge on any atom is -0.338 e. The van der Waals surface area contributed by atoms with Crippen LogP contribution in [0.3, 0.4) is 0 Å². The molecule has 0 radical (unpaired) electrons. The second-order valence-electron chi connectivity index (χ2n) is 3.30. The van der Waals surface area contributed by atoms with Crippen LogP contribution in [0.4, 0.5) is 5.69 Å². The van der Waals surface area contributed by atoms with Crippen LogP contribution in [0, 0.1) is 10.1 Å². The van der Waals surface area contributed by atoms with E-state index < -0.39 is 0 Å². The summed E-state index contributed by atoms with van der Waals surface area (Å²) in [7, 11) is 0. The number of aromatic nitrogens is 1. The van der Waals surface area contributed by atoms with E-state index in [2.05, 4.69) is 0 Å². The summed E-state index contributed by atoms with van der Waals surface area (Å²) in [5.41, 5.74) is 2.15. The fourth-order valence-electron chi connectivity index (χ4n) is 1.69. The Morgan fingerprint density at radius 3 is 2.94 bits per heavy atom. The van der Waals surface area contributed by atoms with Crippen LogP contribution in [-0.2, 0) is 6.54 Å². The molecule has 0 amide bonds. The van der Waals surface area contributed by atoms with Gasteiger partial charge in [0.1, 0.15) is 5.52 Å². The topological polar surface area (TPSA) is 48.1 Å². The smallest absolute Gasteiger partial charge is 0.293 e. The molecule has 0 unspecified atom stereocenters. The first kappa shape index (κ1) is 10.7. The second-order valence-corrected chi connectivity index (χ2v) is 3.55. The van der Waals surface area contributed by atoms with Crippen LogP contribution in [0.25, 0.3) is 10.9 Å². The minimum absolute atomic E-state index is 0.116. The highest BCUT2D eigenvalue weighted by atomic mass is 35.5. The maximum absolute atomic E-state index is 10.9. The summed E-state index contributed by atoms with van der Waals surface area (Å²) < 4.78 is 1.80. The van der Waals surface area contributed by atoms with Crippen molar-refractivity contribution in [3.63, 3.8) is 0 Å². The van der Waals surface area contributed by atoms with Crippen LogP contribution in [0.5, 0.6) is 0 Å². The molecular formula is C11H9ClN2O2. The fourth-order valence-corrected chi connectivity index (χ4v) is 1.77. The average molecular weight is 237 g/mol. The maximum Gasteiger partial charge on any atom is 0.293 e. The molecule has 0 atom stereocenters. The molecule has 16 heavy (non-hydrogen) atoms. The van der Waals surface area contributed by atoms with E-state index in [9.17, 15) is 10.1 Å². The molecule has 4 nitrogen and oxygen atoms in total. The van der Waals surface area contributed by atoms with E-state index in [1.807, 2.05) is 18.3 Å². The Labute approximate surface area is 96.9 Å². The van der Waals surface area contributed by atoms with E-state index in [0.29, 0.717) is 12.1 Å². The zero-order chi connectivity index (χ0) is 11.5. The van der Waals surface area contributed by atoms with Crippen molar-refractivity contribution < 1.29 is 4.92 Å². The van der Waals surface area contributed by atoms with E-state index in [-0.39, 0.29) is 10.6 Å². The molecule has 0 spiro atoms. The van der Waals surface area contributed by atoms with Gasteiger partial charge in [0.15, 0.2) is 0 Å². The molecule has 0 bridgehead atoms. The Bertz CT molecular complexity index is 560. The van der Waals surface area contributed by atoms with Crippen molar-refractivity contribution >= 4 is 28.2 Å². The lowest BCUT2D eigenvalue weighted by molar-refractivity contribution is -0.383. The van der Waals surface area contributed by atoms with E-state index in [1.54, 1.807) is 16.7 Å². The molecule has 0 aliphatic rings. The summed E-state index contributed by atoms with van der Waals surface area (Å²) in [6, 6.07) is 6.89. The van der Waals surface area contributed by atoms with Crippen LogP contribution < -0.4 is 0 Å². The van der Waals surface area contributed by atoms with Crippen molar-refractivity contribution in [2.75, 3.05) is 0 Å². The standard InChI is InChI=1S/C11H9ClN2O2/c12-6-2-7-13-8-5-9-3-1-4-10(11(9)13)14(15)16/h1-6,8H,7H2/b6-2+. The number of nitro groups is 1. The monoisotopic (exact) mass is 236 g/mol. The van der Waals surface area contributed by atoms with Crippen LogP contribution in [0.2, 0.25) is 0 Å². The Hall–Kier alpha value is -1.81. The number of rotatable bonds is 3. The number of nitro benzene ring substituents is 1. The van der Waals surface area contributed by atoms with Crippen LogP contribution in [0.15, 0.2) is 42.1 Å². The van der Waals surface area contributed by atoms with Crippen molar-refractivity contribution in [1.29, 1.82) is 0 Å². The summed E-state index contributed by atoms with van der Waals surface area (Å²) in [5.74, 6) is 0. The van der Waals surface area contributed by atoms with Gasteiger partial charge in [-0.25, -0.2) is 0 Å². The molecule has 0 aliphatic carbocycles. The lowest BCUT2D eigenvalue weighted by atomic mass is 10.2. The number of hydrogen-bond acceptors (Lipinski definition) is 2. The molecule has 1 aromatic carbocycles. The maximum atomic E-state index is 10.9. The first-order valence-electron chi connectivity index (χ1n) is 4.71. The fraction of sp³-hybridized carbons (Fsp3) is 0.0909. The molecular weight excluding hydrogens is 228 g/mol. The number of halogens is 1. The molecule has 0 fully saturated rings. The van der Waals surface area contributed by atoms with Gasteiger partial charge < -0.3 is 4.57 Å². The minimum atomic E-state index is -0.372. The number of benzene rings is 1. The van der Waals surface area contributed by atoms with Gasteiger partial charge >= 0.3 is 0 Å². The van der Waals surface area contributed by atoms with Gasteiger partial charge in [0, 0.05) is 29.7 Å². The highest BCUT2D eigenvalue weighted by molar-refractivity contribution is 6.25. The quantitative estimate of drug-likeness (QED) is 0.606. The summed E-state index contributed by atoms with van der Waals surface area (Å²) in [4.78, 5) is 10.5. The number of para-hydroxylation sites is 1. The summed E-state index contributed by atoms with van der Waals surface area (Å²) >= 11 is 5.44. The van der Waals surface area contributed by atoms with Gasteiger partial charge in [-0.2, -0.15) is 0 Å². The third-order valence-corrected chi connectivity index (χ3v) is 2.53. The predicted octanol–water partition coefficient (Wildman–Crippen LogP) is 3.30. The molecule has 1 heterocycles. The average Bonchev–Trinajstić information content (AvgIpc) is 2.69. The van der Waals surface area contributed by atoms with Crippen LogP contribution in [0.1, 0.15) is 0 Å². The molecule has 0 saturated heterocycles. The van der Waals surface area contributed by atoms with Crippen molar-refractivity contribution in [3.05, 3.63) is 52.2 Å². The van der Waals surface area contributed by atoms with Gasteiger partial charge in [-0.3, -0.25) is 10.1 Å². The number of non-ortho nitro benzene ring substituents is 1. The van der Waals surface area contributed by atoms with E-state index in [0.717, 1.165) is 5.39 Å². The molecule has 1 aromatic heterocycles. The van der Waals surface area contributed by atoms with Gasteiger partial charge in [-0.05, 0) is 6.07 Å². The first-order chi connectivity index (χ1) is 7.74. The van der Waals surface area contributed by atoms with Gasteiger partial charge in [-0.1, -0.05) is 29.8 Å². The van der Waals surface area contributed by atoms with Gasteiger partial charge in [-0.15, -0.1) is 0 Å². The van der Waals surface area contributed by atoms with Crippen LogP contribution in [-0.4, -0.2) is 9.49 Å². The third kappa shape index (κ3) is 1.79. The highest BCUT2D eigenvalue weighted by Gasteiger charge is 2.14. The van der Waals surface area contributed by atoms with Crippen molar-refractivity contribution in [2.45, 2.75) is 6.54 Å². The van der Waals surface area contributed by atoms with Gasteiger partial charge in [0.05, 0.1) is 4.92 Å². The van der Waals surface area contributed by atoms with Crippen molar-refractivity contribution in [2.24, 2.45) is 0 Å². The zero-order valence-corrected chi connectivity index (χ0v) is 9.09. The molecule has 2 aromatic rings. The van der Waals surface area contributed by atoms with E-state index in [1.165, 1.54) is 11.6 Å². The first-order valence-corrected chi connectivity index (χ1v) is 5.15. The zero-order valence-electron chi connectivity index (χ0n) is 8.34. The number of fused-ring (bicyclic) bond motifs is 1. The summed E-state index contributed by atoms with van der Waals surface area (Å²) in [6.07, 6.45) is 3.55. The molecule has 2 rings (SSSR count). The lowest BCUT2D eigenvalue weighted by Gasteiger charge is -2.01. The molecule has 0 N–H and O–H groups in total. The third-order valence-electron chi connectivity index (χ3n) is 2.36. The Morgan fingerprint density at radius 2 is 2.25 bits per heavy atom. The summed E-state index contributed by atoms with van der Waals surface area (Å²) in [6.45, 7) is 0.526. The highest BCUT2D eigenvalue weighted by Crippen LogP contribution is 2.26. The van der Waals surface area contributed by atoms with E-state index >= 15 is 0 Å². The number of hydrogen-bond donors (Lipinski definition) is 0. The number of nitrogens with zero attached hydrogens (tertiary/aromatic N) is 2. The van der Waals surface area contributed by atoms with E-state index in [4.69, 9.17) is 11.6 Å².